The molecule has 31 heavy (non-hydrogen) atoms. The number of hydrazone groups is 1. The summed E-state index contributed by atoms with van der Waals surface area (Å²) in [6, 6.07) is 6.94. The number of imide groups is 1. The lowest BCUT2D eigenvalue weighted by molar-refractivity contribution is -0.140. The van der Waals surface area contributed by atoms with E-state index in [-0.39, 0.29) is 41.0 Å². The Hall–Kier alpha value is -3.48. The molecule has 1 N–H and O–H groups in total. The van der Waals surface area contributed by atoms with Gasteiger partial charge in [-0.25, -0.2) is 4.79 Å². The number of nitrogens with zero attached hydrogens (tertiary/aromatic N) is 3. The standard InChI is InChI=1S/C24H23N3O4/c1-12-4-5-17(24(30)31)10-19(12)26-13(2)8-18(14(26)3)11-25-27-22(28)20-15-6-7-16(9-15)21(20)23(27)29/h4-8,10-11,15-16,20-21H,9H2,1-3H3,(H,30,31). The van der Waals surface area contributed by atoms with Crippen LogP contribution in [0.15, 0.2) is 41.5 Å². The van der Waals surface area contributed by atoms with E-state index >= 15 is 0 Å². The Labute approximate surface area is 179 Å². The molecule has 2 bridgehead atoms. The number of hydrogen-bond acceptors (Lipinski definition) is 4. The molecule has 4 atom stereocenters. The Morgan fingerprint density at radius 3 is 2.32 bits per heavy atom. The summed E-state index contributed by atoms with van der Waals surface area (Å²) in [5.41, 5.74) is 4.47. The van der Waals surface area contributed by atoms with E-state index in [2.05, 4.69) is 17.3 Å². The van der Waals surface area contributed by atoms with Crippen LogP contribution in [-0.4, -0.2) is 38.7 Å². The van der Waals surface area contributed by atoms with Gasteiger partial charge < -0.3 is 9.67 Å². The molecule has 1 aromatic heterocycles. The number of aromatic carboxylic acids is 1. The Kier molecular flexibility index (Phi) is 4.25. The molecule has 2 amide bonds. The van der Waals surface area contributed by atoms with Crippen molar-refractivity contribution in [2.24, 2.45) is 28.8 Å². The highest BCUT2D eigenvalue weighted by Crippen LogP contribution is 2.52. The number of benzene rings is 1. The molecule has 7 nitrogen and oxygen atoms in total. The smallest absolute Gasteiger partial charge is 0.335 e. The van der Waals surface area contributed by atoms with Crippen LogP contribution in [0.3, 0.4) is 0 Å². The molecule has 3 aliphatic rings. The molecular weight excluding hydrogens is 394 g/mol. The van der Waals surface area contributed by atoms with Gasteiger partial charge in [-0.3, -0.25) is 9.59 Å². The van der Waals surface area contributed by atoms with Gasteiger partial charge in [0.15, 0.2) is 0 Å². The van der Waals surface area contributed by atoms with Crippen LogP contribution < -0.4 is 0 Å². The van der Waals surface area contributed by atoms with E-state index in [1.807, 2.05) is 31.4 Å². The molecule has 5 rings (SSSR count). The van der Waals surface area contributed by atoms with Gasteiger partial charge in [0.25, 0.3) is 11.8 Å². The molecule has 7 heteroatoms. The Morgan fingerprint density at radius 1 is 1.06 bits per heavy atom. The van der Waals surface area contributed by atoms with Crippen molar-refractivity contribution in [3.05, 3.63) is 64.5 Å². The molecule has 4 unspecified atom stereocenters. The van der Waals surface area contributed by atoms with Crippen LogP contribution in [0.4, 0.5) is 0 Å². The van der Waals surface area contributed by atoms with Gasteiger partial charge in [0.05, 0.1) is 23.6 Å². The number of carboxylic acids is 1. The number of fused-ring (bicyclic) bond motifs is 5. The van der Waals surface area contributed by atoms with E-state index < -0.39 is 5.97 Å². The molecule has 1 saturated heterocycles. The number of carboxylic acid groups (broad SMARTS) is 1. The average Bonchev–Trinajstić information content (AvgIpc) is 3.46. The largest absolute Gasteiger partial charge is 0.478 e. The lowest BCUT2D eigenvalue weighted by Crippen LogP contribution is -2.28. The number of carbonyl (C=O) groups is 3. The fraction of sp³-hybridized carbons (Fsp3) is 0.333. The van der Waals surface area contributed by atoms with Gasteiger partial charge in [-0.1, -0.05) is 18.2 Å². The van der Waals surface area contributed by atoms with Gasteiger partial charge in [-0.05, 0) is 62.8 Å². The van der Waals surface area contributed by atoms with Crippen LogP contribution in [0.25, 0.3) is 5.69 Å². The summed E-state index contributed by atoms with van der Waals surface area (Å²) >= 11 is 0. The number of hydrogen-bond donors (Lipinski definition) is 1. The van der Waals surface area contributed by atoms with Crippen molar-refractivity contribution in [1.82, 2.24) is 9.58 Å². The first-order valence-electron chi connectivity index (χ1n) is 10.4. The van der Waals surface area contributed by atoms with Crippen molar-refractivity contribution in [1.29, 1.82) is 0 Å². The Bertz CT molecular complexity index is 1180. The lowest BCUT2D eigenvalue weighted by Gasteiger charge is -2.14. The third-order valence-corrected chi connectivity index (χ3v) is 6.93. The molecule has 2 aromatic rings. The summed E-state index contributed by atoms with van der Waals surface area (Å²) in [5, 5.41) is 14.7. The topological polar surface area (TPSA) is 92.0 Å². The first-order valence-corrected chi connectivity index (χ1v) is 10.4. The van der Waals surface area contributed by atoms with Gasteiger partial charge >= 0.3 is 5.97 Å². The highest BCUT2D eigenvalue weighted by Gasteiger charge is 2.59. The van der Waals surface area contributed by atoms with Crippen molar-refractivity contribution in [2.45, 2.75) is 27.2 Å². The van der Waals surface area contributed by atoms with Crippen molar-refractivity contribution >= 4 is 24.0 Å². The summed E-state index contributed by atoms with van der Waals surface area (Å²) in [6.45, 7) is 5.77. The van der Waals surface area contributed by atoms with E-state index in [4.69, 9.17) is 0 Å². The predicted octanol–water partition coefficient (Wildman–Crippen LogP) is 3.24. The first-order chi connectivity index (χ1) is 14.8. The quantitative estimate of drug-likeness (QED) is 0.470. The number of aryl methyl sites for hydroxylation is 2. The molecule has 1 aliphatic heterocycles. The number of amides is 2. The first kappa shape index (κ1) is 19.5. The van der Waals surface area contributed by atoms with Gasteiger partial charge in [0, 0.05) is 22.6 Å². The SMILES string of the molecule is Cc1ccc(C(=O)O)cc1-n1c(C)cc(C=NN2C(=O)C3C4C=CC(C4)C3C2=O)c1C. The van der Waals surface area contributed by atoms with E-state index in [1.165, 1.54) is 0 Å². The van der Waals surface area contributed by atoms with E-state index in [9.17, 15) is 19.5 Å². The minimum Gasteiger partial charge on any atom is -0.478 e. The van der Waals surface area contributed by atoms with Crippen LogP contribution in [-0.2, 0) is 9.59 Å². The minimum absolute atomic E-state index is 0.154. The maximum Gasteiger partial charge on any atom is 0.335 e. The predicted molar refractivity (Wildman–Crippen MR) is 114 cm³/mol. The summed E-state index contributed by atoms with van der Waals surface area (Å²) in [7, 11) is 0. The van der Waals surface area contributed by atoms with Crippen LogP contribution in [0.1, 0.15) is 39.3 Å². The molecule has 2 heterocycles. The van der Waals surface area contributed by atoms with Gasteiger partial charge in [0.2, 0.25) is 0 Å². The number of allylic oxidation sites excluding steroid dienone is 2. The third kappa shape index (κ3) is 2.80. The number of rotatable bonds is 4. The zero-order chi connectivity index (χ0) is 22.0. The van der Waals surface area contributed by atoms with Crippen LogP contribution in [0, 0.1) is 44.4 Å². The van der Waals surface area contributed by atoms with Gasteiger partial charge in [-0.15, -0.1) is 0 Å². The maximum atomic E-state index is 12.8. The van der Waals surface area contributed by atoms with Crippen molar-refractivity contribution < 1.29 is 19.5 Å². The Balaban J connectivity index is 1.47. The van der Waals surface area contributed by atoms with Crippen LogP contribution in [0.2, 0.25) is 0 Å². The molecule has 2 aliphatic carbocycles. The van der Waals surface area contributed by atoms with Crippen molar-refractivity contribution in [3.8, 4) is 5.69 Å². The number of aromatic nitrogens is 1. The third-order valence-electron chi connectivity index (χ3n) is 6.93. The van der Waals surface area contributed by atoms with E-state index in [0.717, 1.165) is 39.6 Å². The summed E-state index contributed by atoms with van der Waals surface area (Å²) in [6.07, 6.45) is 6.57. The summed E-state index contributed by atoms with van der Waals surface area (Å²) in [4.78, 5) is 37.1. The van der Waals surface area contributed by atoms with E-state index in [1.54, 1.807) is 24.4 Å². The molecule has 158 valence electrons. The Morgan fingerprint density at radius 2 is 1.71 bits per heavy atom. The molecule has 1 aromatic carbocycles. The highest BCUT2D eigenvalue weighted by atomic mass is 16.4. The second-order valence-corrected chi connectivity index (χ2v) is 8.70. The van der Waals surface area contributed by atoms with Crippen molar-refractivity contribution in [3.63, 3.8) is 0 Å². The fourth-order valence-corrected chi connectivity index (χ4v) is 5.39. The number of carbonyl (C=O) groups excluding carboxylic acids is 2. The summed E-state index contributed by atoms with van der Waals surface area (Å²) in [5.74, 6) is -1.63. The fourth-order valence-electron chi connectivity index (χ4n) is 5.39. The molecule has 0 radical (unpaired) electrons. The molecular formula is C24H23N3O4. The highest BCUT2D eigenvalue weighted by molar-refractivity contribution is 6.06. The molecule has 2 fully saturated rings. The second-order valence-electron chi connectivity index (χ2n) is 8.70. The van der Waals surface area contributed by atoms with Crippen molar-refractivity contribution in [2.75, 3.05) is 0 Å². The second kappa shape index (κ2) is 6.77. The molecule has 0 spiro atoms. The zero-order valence-corrected chi connectivity index (χ0v) is 17.6. The lowest BCUT2D eigenvalue weighted by atomic mass is 9.85. The normalized spacial score (nSPS) is 26.5. The minimum atomic E-state index is -0.981. The maximum absolute atomic E-state index is 12.8. The monoisotopic (exact) mass is 417 g/mol. The van der Waals surface area contributed by atoms with Gasteiger partial charge in [-0.2, -0.15) is 10.1 Å². The van der Waals surface area contributed by atoms with E-state index in [0.29, 0.717) is 0 Å². The molecule has 1 saturated carbocycles. The van der Waals surface area contributed by atoms with Crippen LogP contribution >= 0.6 is 0 Å². The van der Waals surface area contributed by atoms with Gasteiger partial charge in [0.1, 0.15) is 0 Å². The van der Waals surface area contributed by atoms with Crippen LogP contribution in [0.5, 0.6) is 0 Å². The zero-order valence-electron chi connectivity index (χ0n) is 17.6. The average molecular weight is 417 g/mol. The summed E-state index contributed by atoms with van der Waals surface area (Å²) < 4.78 is 1.97.